The van der Waals surface area contributed by atoms with Crippen molar-refractivity contribution in [3.63, 3.8) is 0 Å². The van der Waals surface area contributed by atoms with E-state index in [1.807, 2.05) is 6.92 Å². The molecule has 9 nitrogen and oxygen atoms in total. The molecule has 0 aromatic heterocycles. The number of hydrogen-bond acceptors (Lipinski definition) is 6. The highest BCUT2D eigenvalue weighted by atomic mass is 16.6. The summed E-state index contributed by atoms with van der Waals surface area (Å²) in [6.07, 6.45) is 0.620. The monoisotopic (exact) mass is 438 g/mol. The number of carbonyl (C=O) groups excluding carboxylic acids is 2. The molecule has 0 spiro atoms. The molecule has 0 unspecified atom stereocenters. The lowest BCUT2D eigenvalue weighted by Gasteiger charge is -2.19. The van der Waals surface area contributed by atoms with Crippen LogP contribution in [0.2, 0.25) is 0 Å². The molecule has 0 saturated carbocycles. The molecule has 0 saturated heterocycles. The zero-order valence-corrected chi connectivity index (χ0v) is 18.7. The lowest BCUT2D eigenvalue weighted by Crippen LogP contribution is -2.42. The summed E-state index contributed by atoms with van der Waals surface area (Å²) in [7, 11) is 0. The fraction of sp³-hybridized carbons (Fsp3) is 0.591. The SMILES string of the molecule is CCCOCCC(=O)N[C@@H](Cc1ccc(OCCNC(=O)OC(C)(C)C)cc1)C(=O)O. The van der Waals surface area contributed by atoms with Gasteiger partial charge >= 0.3 is 12.1 Å². The van der Waals surface area contributed by atoms with Gasteiger partial charge in [-0.3, -0.25) is 4.79 Å². The number of alkyl carbamates (subject to hydrolysis) is 1. The molecule has 3 N–H and O–H groups in total. The largest absolute Gasteiger partial charge is 0.492 e. The maximum absolute atomic E-state index is 11.9. The maximum atomic E-state index is 11.9. The van der Waals surface area contributed by atoms with Gasteiger partial charge in [-0.2, -0.15) is 0 Å². The van der Waals surface area contributed by atoms with E-state index in [4.69, 9.17) is 14.2 Å². The number of aliphatic carboxylic acids is 1. The molecule has 2 amide bonds. The van der Waals surface area contributed by atoms with Crippen molar-refractivity contribution >= 4 is 18.0 Å². The van der Waals surface area contributed by atoms with E-state index in [0.717, 1.165) is 12.0 Å². The van der Waals surface area contributed by atoms with Gasteiger partial charge in [-0.25, -0.2) is 9.59 Å². The Morgan fingerprint density at radius 3 is 2.32 bits per heavy atom. The molecule has 0 bridgehead atoms. The first-order valence-corrected chi connectivity index (χ1v) is 10.4. The van der Waals surface area contributed by atoms with E-state index in [2.05, 4.69) is 10.6 Å². The summed E-state index contributed by atoms with van der Waals surface area (Å²) in [5.74, 6) is -0.879. The highest BCUT2D eigenvalue weighted by Gasteiger charge is 2.20. The molecule has 0 aliphatic rings. The van der Waals surface area contributed by atoms with Gasteiger partial charge in [0.1, 0.15) is 24.0 Å². The Hall–Kier alpha value is -2.81. The fourth-order valence-electron chi connectivity index (χ4n) is 2.47. The standard InChI is InChI=1S/C22H34N2O7/c1-5-12-29-13-10-19(25)24-18(20(26)27)15-16-6-8-17(9-7-16)30-14-11-23-21(28)31-22(2,3)4/h6-9,18H,5,10-15H2,1-4H3,(H,23,28)(H,24,25)(H,26,27)/t18-/m0/s1. The first-order chi connectivity index (χ1) is 14.6. The number of benzene rings is 1. The lowest BCUT2D eigenvalue weighted by atomic mass is 10.1. The number of amides is 2. The van der Waals surface area contributed by atoms with Gasteiger partial charge in [-0.05, 0) is 44.9 Å². The summed E-state index contributed by atoms with van der Waals surface area (Å²) in [5, 5.41) is 14.5. The number of carbonyl (C=O) groups is 3. The number of hydrogen-bond donors (Lipinski definition) is 3. The van der Waals surface area contributed by atoms with Gasteiger partial charge in [-0.15, -0.1) is 0 Å². The predicted octanol–water partition coefficient (Wildman–Crippen LogP) is 2.52. The molecular formula is C22H34N2O7. The van der Waals surface area contributed by atoms with Gasteiger partial charge in [0.05, 0.1) is 13.2 Å². The van der Waals surface area contributed by atoms with Crippen LogP contribution < -0.4 is 15.4 Å². The van der Waals surface area contributed by atoms with Crippen molar-refractivity contribution in [1.82, 2.24) is 10.6 Å². The van der Waals surface area contributed by atoms with Crippen LogP contribution in [0.4, 0.5) is 4.79 Å². The minimum absolute atomic E-state index is 0.119. The Kier molecular flexibility index (Phi) is 11.4. The van der Waals surface area contributed by atoms with Gasteiger partial charge < -0.3 is 30.0 Å². The fourth-order valence-corrected chi connectivity index (χ4v) is 2.47. The zero-order chi connectivity index (χ0) is 23.3. The summed E-state index contributed by atoms with van der Waals surface area (Å²) >= 11 is 0. The molecular weight excluding hydrogens is 404 g/mol. The Bertz CT molecular complexity index is 699. The van der Waals surface area contributed by atoms with Crippen LogP contribution in [-0.4, -0.2) is 61.1 Å². The zero-order valence-electron chi connectivity index (χ0n) is 18.7. The van der Waals surface area contributed by atoms with Crippen molar-refractivity contribution in [3.8, 4) is 5.75 Å². The van der Waals surface area contributed by atoms with Gasteiger partial charge in [0.25, 0.3) is 0 Å². The third-order valence-electron chi connectivity index (χ3n) is 3.86. The second-order valence-corrected chi connectivity index (χ2v) is 7.95. The topological polar surface area (TPSA) is 123 Å². The van der Waals surface area contributed by atoms with Gasteiger partial charge in [0.15, 0.2) is 0 Å². The molecule has 1 aromatic rings. The molecule has 31 heavy (non-hydrogen) atoms. The van der Waals surface area contributed by atoms with Crippen LogP contribution in [0.5, 0.6) is 5.75 Å². The van der Waals surface area contributed by atoms with E-state index in [0.29, 0.717) is 12.4 Å². The van der Waals surface area contributed by atoms with Crippen LogP contribution in [0.25, 0.3) is 0 Å². The second-order valence-electron chi connectivity index (χ2n) is 7.95. The number of ether oxygens (including phenoxy) is 3. The number of rotatable bonds is 13. The minimum Gasteiger partial charge on any atom is -0.492 e. The molecule has 1 atom stereocenters. The van der Waals surface area contributed by atoms with Crippen LogP contribution in [0.15, 0.2) is 24.3 Å². The number of carboxylic acids is 1. The Labute approximate surface area is 183 Å². The van der Waals surface area contributed by atoms with E-state index < -0.39 is 23.7 Å². The highest BCUT2D eigenvalue weighted by Crippen LogP contribution is 2.14. The van der Waals surface area contributed by atoms with Gasteiger partial charge in [0, 0.05) is 19.4 Å². The summed E-state index contributed by atoms with van der Waals surface area (Å²) in [6, 6.07) is 5.87. The molecule has 0 fully saturated rings. The third kappa shape index (κ3) is 12.5. The average Bonchev–Trinajstić information content (AvgIpc) is 2.68. The molecule has 0 aliphatic carbocycles. The first kappa shape index (κ1) is 26.2. The summed E-state index contributed by atoms with van der Waals surface area (Å²) in [6.45, 7) is 8.70. The number of nitrogens with one attached hydrogen (secondary N) is 2. The second kappa shape index (κ2) is 13.5. The average molecular weight is 439 g/mol. The lowest BCUT2D eigenvalue weighted by molar-refractivity contribution is -0.142. The normalized spacial score (nSPS) is 12.0. The molecule has 0 radical (unpaired) electrons. The molecule has 1 rings (SSSR count). The van der Waals surface area contributed by atoms with Crippen molar-refractivity contribution in [2.75, 3.05) is 26.4 Å². The summed E-state index contributed by atoms with van der Waals surface area (Å²) in [5.41, 5.74) is 0.186. The minimum atomic E-state index is -1.10. The van der Waals surface area contributed by atoms with Crippen molar-refractivity contribution in [3.05, 3.63) is 29.8 Å². The summed E-state index contributed by atoms with van der Waals surface area (Å²) in [4.78, 5) is 35.0. The molecule has 9 heteroatoms. The third-order valence-corrected chi connectivity index (χ3v) is 3.86. The van der Waals surface area contributed by atoms with Crippen LogP contribution in [0.1, 0.15) is 46.1 Å². The van der Waals surface area contributed by atoms with Gasteiger partial charge in [0.2, 0.25) is 5.91 Å². The van der Waals surface area contributed by atoms with Crippen LogP contribution in [0.3, 0.4) is 0 Å². The van der Waals surface area contributed by atoms with Crippen molar-refractivity contribution < 1.29 is 33.7 Å². The van der Waals surface area contributed by atoms with Crippen molar-refractivity contribution in [2.24, 2.45) is 0 Å². The quantitative estimate of drug-likeness (QED) is 0.404. The first-order valence-electron chi connectivity index (χ1n) is 10.4. The predicted molar refractivity (Wildman–Crippen MR) is 115 cm³/mol. The molecule has 1 aromatic carbocycles. The Balaban J connectivity index is 2.42. The van der Waals surface area contributed by atoms with Crippen molar-refractivity contribution in [1.29, 1.82) is 0 Å². The van der Waals surface area contributed by atoms with E-state index in [9.17, 15) is 19.5 Å². The van der Waals surface area contributed by atoms with E-state index >= 15 is 0 Å². The van der Waals surface area contributed by atoms with E-state index in [1.165, 1.54) is 0 Å². The van der Waals surface area contributed by atoms with E-state index in [1.54, 1.807) is 45.0 Å². The van der Waals surface area contributed by atoms with E-state index in [-0.39, 0.29) is 38.5 Å². The maximum Gasteiger partial charge on any atom is 0.407 e. The Morgan fingerprint density at radius 2 is 1.74 bits per heavy atom. The van der Waals surface area contributed by atoms with Gasteiger partial charge in [-0.1, -0.05) is 19.1 Å². The smallest absolute Gasteiger partial charge is 0.407 e. The van der Waals surface area contributed by atoms with Crippen LogP contribution in [0, 0.1) is 0 Å². The van der Waals surface area contributed by atoms with Crippen LogP contribution in [-0.2, 0) is 25.5 Å². The highest BCUT2D eigenvalue weighted by molar-refractivity contribution is 5.83. The van der Waals surface area contributed by atoms with Crippen LogP contribution >= 0.6 is 0 Å². The Morgan fingerprint density at radius 1 is 1.06 bits per heavy atom. The number of carboxylic acid groups (broad SMARTS) is 1. The molecule has 0 heterocycles. The summed E-state index contributed by atoms with van der Waals surface area (Å²) < 4.78 is 15.9. The molecule has 174 valence electrons. The molecule has 0 aliphatic heterocycles. The van der Waals surface area contributed by atoms with Crippen molar-refractivity contribution in [2.45, 2.75) is 58.6 Å².